The summed E-state index contributed by atoms with van der Waals surface area (Å²) in [6.07, 6.45) is 0. The number of hydrogen-bond donors (Lipinski definition) is 2. The van der Waals surface area contributed by atoms with E-state index in [1.807, 2.05) is 0 Å². The van der Waals surface area contributed by atoms with Gasteiger partial charge in [-0.3, -0.25) is 0 Å². The molecule has 0 aliphatic rings. The molecule has 0 spiro atoms. The normalized spacial score (nSPS) is 9.00. The van der Waals surface area contributed by atoms with Gasteiger partial charge in [-0.2, -0.15) is 5.53 Å². The van der Waals surface area contributed by atoms with Crippen molar-refractivity contribution in [3.05, 3.63) is 29.8 Å². The van der Waals surface area contributed by atoms with E-state index >= 15 is 0 Å². The summed E-state index contributed by atoms with van der Waals surface area (Å²) in [5, 5.41) is 11.2. The van der Waals surface area contributed by atoms with Gasteiger partial charge in [0.2, 0.25) is 0 Å². The third-order valence-corrected chi connectivity index (χ3v) is 1.25. The molecule has 5 nitrogen and oxygen atoms in total. The molecule has 1 aromatic carbocycles. The summed E-state index contributed by atoms with van der Waals surface area (Å²) in [5.41, 5.74) is 6.54. The summed E-state index contributed by atoms with van der Waals surface area (Å²) < 4.78 is 0. The van der Waals surface area contributed by atoms with Crippen molar-refractivity contribution in [1.29, 1.82) is 5.53 Å². The molecule has 0 aliphatic heterocycles. The molecule has 5 heteroatoms. The van der Waals surface area contributed by atoms with Crippen LogP contribution in [0, 0.1) is 5.53 Å². The van der Waals surface area contributed by atoms with E-state index in [0.29, 0.717) is 5.75 Å². The van der Waals surface area contributed by atoms with Gasteiger partial charge in [0.1, 0.15) is 0 Å². The van der Waals surface area contributed by atoms with E-state index in [2.05, 4.69) is 10.1 Å². The van der Waals surface area contributed by atoms with Crippen LogP contribution < -0.4 is 4.84 Å². The molecule has 62 valence electrons. The van der Waals surface area contributed by atoms with Gasteiger partial charge >= 0.3 is 5.97 Å². The fourth-order valence-corrected chi connectivity index (χ4v) is 0.711. The molecule has 0 saturated heterocycles. The largest absolute Gasteiger partial charge is 0.478 e. The average molecular weight is 166 g/mol. The Balaban J connectivity index is 2.85. The Hall–Kier alpha value is -1.91. The minimum atomic E-state index is -0.996. The van der Waals surface area contributed by atoms with Crippen LogP contribution in [0.5, 0.6) is 5.75 Å². The first kappa shape index (κ1) is 8.19. The van der Waals surface area contributed by atoms with E-state index in [9.17, 15) is 4.79 Å². The summed E-state index contributed by atoms with van der Waals surface area (Å²) in [7, 11) is 0. The van der Waals surface area contributed by atoms with Crippen molar-refractivity contribution >= 4 is 5.97 Å². The lowest BCUT2D eigenvalue weighted by Crippen LogP contribution is -1.94. The van der Waals surface area contributed by atoms with Crippen molar-refractivity contribution in [3.8, 4) is 5.75 Å². The van der Waals surface area contributed by atoms with Crippen LogP contribution in [0.1, 0.15) is 10.4 Å². The van der Waals surface area contributed by atoms with Crippen molar-refractivity contribution in [2.24, 2.45) is 5.28 Å². The first-order valence-corrected chi connectivity index (χ1v) is 3.11. The molecule has 0 radical (unpaired) electrons. The lowest BCUT2D eigenvalue weighted by Gasteiger charge is -1.96. The predicted molar refractivity (Wildman–Crippen MR) is 39.2 cm³/mol. The summed E-state index contributed by atoms with van der Waals surface area (Å²) in [6, 6.07) is 5.62. The number of aromatic carboxylic acids is 1. The second-order valence-electron chi connectivity index (χ2n) is 2.01. The molecule has 0 fully saturated rings. The van der Waals surface area contributed by atoms with Gasteiger partial charge in [-0.05, 0) is 24.3 Å². The minimum absolute atomic E-state index is 0.173. The quantitative estimate of drug-likeness (QED) is 0.529. The van der Waals surface area contributed by atoms with Crippen LogP contribution in [0.15, 0.2) is 29.5 Å². The number of carbonyl (C=O) groups is 1. The minimum Gasteiger partial charge on any atom is -0.478 e. The highest BCUT2D eigenvalue weighted by Gasteiger charge is 2.01. The molecule has 0 heterocycles. The monoisotopic (exact) mass is 166 g/mol. The zero-order valence-corrected chi connectivity index (χ0v) is 6.02. The number of benzene rings is 1. The van der Waals surface area contributed by atoms with E-state index < -0.39 is 5.97 Å². The van der Waals surface area contributed by atoms with Gasteiger partial charge in [-0.1, -0.05) is 0 Å². The van der Waals surface area contributed by atoms with Crippen LogP contribution in [0.4, 0.5) is 0 Å². The average Bonchev–Trinajstić information content (AvgIpc) is 2.06. The van der Waals surface area contributed by atoms with Crippen LogP contribution in [-0.4, -0.2) is 11.1 Å². The zero-order valence-electron chi connectivity index (χ0n) is 6.02. The highest BCUT2D eigenvalue weighted by Crippen LogP contribution is 2.11. The van der Waals surface area contributed by atoms with Gasteiger partial charge < -0.3 is 9.94 Å². The summed E-state index contributed by atoms with van der Waals surface area (Å²) in [5.74, 6) is -0.653. The second kappa shape index (κ2) is 3.47. The first-order chi connectivity index (χ1) is 5.74. The Morgan fingerprint density at radius 2 is 2.00 bits per heavy atom. The van der Waals surface area contributed by atoms with Gasteiger partial charge in [0.05, 0.1) is 5.56 Å². The highest BCUT2D eigenvalue weighted by atomic mass is 16.6. The van der Waals surface area contributed by atoms with Crippen molar-refractivity contribution < 1.29 is 14.7 Å². The van der Waals surface area contributed by atoms with Crippen LogP contribution in [0.2, 0.25) is 0 Å². The van der Waals surface area contributed by atoms with Crippen LogP contribution >= 0.6 is 0 Å². The molecule has 12 heavy (non-hydrogen) atoms. The standard InChI is InChI=1S/C7H6N2O3/c8-9-12-6-3-1-5(2-4-6)7(10)11/h1-4,8H,(H,10,11). The third kappa shape index (κ3) is 1.79. The molecule has 0 amide bonds. The molecule has 0 saturated carbocycles. The lowest BCUT2D eigenvalue weighted by molar-refractivity contribution is 0.0697. The maximum absolute atomic E-state index is 10.4. The van der Waals surface area contributed by atoms with Gasteiger partial charge in [0, 0.05) is 5.28 Å². The Morgan fingerprint density at radius 3 is 2.42 bits per heavy atom. The number of rotatable bonds is 3. The van der Waals surface area contributed by atoms with Crippen molar-refractivity contribution in [1.82, 2.24) is 0 Å². The topological polar surface area (TPSA) is 82.7 Å². The Bertz CT molecular complexity index is 294. The van der Waals surface area contributed by atoms with E-state index in [-0.39, 0.29) is 5.56 Å². The smallest absolute Gasteiger partial charge is 0.335 e. The summed E-state index contributed by atoms with van der Waals surface area (Å²) in [4.78, 5) is 14.8. The van der Waals surface area contributed by atoms with E-state index in [1.165, 1.54) is 24.3 Å². The molecule has 1 aromatic rings. The zero-order chi connectivity index (χ0) is 8.97. The number of carboxylic acids is 1. The number of carboxylic acid groups (broad SMARTS) is 1. The SMILES string of the molecule is N=NOc1ccc(C(=O)O)cc1. The summed E-state index contributed by atoms with van der Waals surface area (Å²) in [6.45, 7) is 0. The molecule has 0 bridgehead atoms. The Kier molecular flexibility index (Phi) is 2.37. The van der Waals surface area contributed by atoms with Crippen LogP contribution in [0.25, 0.3) is 0 Å². The molecule has 0 atom stereocenters. The Morgan fingerprint density at radius 1 is 1.42 bits per heavy atom. The fraction of sp³-hybridized carbons (Fsp3) is 0. The van der Waals surface area contributed by atoms with Crippen molar-refractivity contribution in [3.63, 3.8) is 0 Å². The fourth-order valence-electron chi connectivity index (χ4n) is 0.711. The maximum atomic E-state index is 10.4. The lowest BCUT2D eigenvalue weighted by atomic mass is 10.2. The molecule has 0 aromatic heterocycles. The van der Waals surface area contributed by atoms with Gasteiger partial charge in [0.15, 0.2) is 5.75 Å². The van der Waals surface area contributed by atoms with Gasteiger partial charge in [0.25, 0.3) is 0 Å². The molecule has 1 rings (SSSR count). The van der Waals surface area contributed by atoms with E-state index in [0.717, 1.165) is 0 Å². The van der Waals surface area contributed by atoms with E-state index in [1.54, 1.807) is 0 Å². The van der Waals surface area contributed by atoms with Crippen molar-refractivity contribution in [2.45, 2.75) is 0 Å². The maximum Gasteiger partial charge on any atom is 0.335 e. The van der Waals surface area contributed by atoms with Gasteiger partial charge in [-0.25, -0.2) is 4.79 Å². The van der Waals surface area contributed by atoms with E-state index in [4.69, 9.17) is 10.6 Å². The first-order valence-electron chi connectivity index (χ1n) is 3.11. The molecular formula is C7H6N2O3. The van der Waals surface area contributed by atoms with Crippen molar-refractivity contribution in [2.75, 3.05) is 0 Å². The predicted octanol–water partition coefficient (Wildman–Crippen LogP) is 1.71. The van der Waals surface area contributed by atoms with Crippen LogP contribution in [-0.2, 0) is 0 Å². The molecule has 0 aliphatic carbocycles. The van der Waals surface area contributed by atoms with Crippen LogP contribution in [0.3, 0.4) is 0 Å². The number of nitrogens with one attached hydrogen (secondary N) is 1. The summed E-state index contributed by atoms with van der Waals surface area (Å²) >= 11 is 0. The second-order valence-corrected chi connectivity index (χ2v) is 2.01. The number of nitrogens with zero attached hydrogens (tertiary/aromatic N) is 1. The Labute approximate surface area is 68.1 Å². The molecular weight excluding hydrogens is 160 g/mol. The third-order valence-electron chi connectivity index (χ3n) is 1.25. The molecule has 0 unspecified atom stereocenters. The number of hydrogen-bond acceptors (Lipinski definition) is 4. The highest BCUT2D eigenvalue weighted by molar-refractivity contribution is 5.87. The van der Waals surface area contributed by atoms with Gasteiger partial charge in [-0.15, -0.1) is 0 Å². The molecule has 2 N–H and O–H groups in total.